The van der Waals surface area contributed by atoms with Gasteiger partial charge in [-0.1, -0.05) is 11.6 Å². The van der Waals surface area contributed by atoms with Gasteiger partial charge in [-0.3, -0.25) is 9.69 Å². The topological polar surface area (TPSA) is 50.8 Å². The molecule has 2 aliphatic rings. The van der Waals surface area contributed by atoms with Crippen molar-refractivity contribution in [3.05, 3.63) is 35.4 Å². The number of carbonyl (C=O) groups is 1. The first kappa shape index (κ1) is 18.8. The van der Waals surface area contributed by atoms with Gasteiger partial charge in [0.1, 0.15) is 6.61 Å². The maximum absolute atomic E-state index is 12.3. The minimum absolute atomic E-state index is 0.171. The molecule has 0 bridgehead atoms. The number of methoxy groups -OCH3 is 1. The molecule has 142 valence electrons. The van der Waals surface area contributed by atoms with E-state index >= 15 is 0 Å². The molecule has 2 fully saturated rings. The summed E-state index contributed by atoms with van der Waals surface area (Å²) in [6.45, 7) is 8.13. The van der Waals surface area contributed by atoms with Crippen LogP contribution in [0.25, 0.3) is 0 Å². The van der Waals surface area contributed by atoms with Gasteiger partial charge in [0.15, 0.2) is 11.5 Å². The van der Waals surface area contributed by atoms with Crippen molar-refractivity contribution in [3.8, 4) is 11.5 Å². The second kappa shape index (κ2) is 8.12. The Morgan fingerprint density at radius 2 is 2.15 bits per heavy atom. The van der Waals surface area contributed by atoms with Gasteiger partial charge in [-0.05, 0) is 63.4 Å². The number of benzene rings is 1. The van der Waals surface area contributed by atoms with E-state index in [1.807, 2.05) is 18.2 Å². The molecule has 0 aliphatic carbocycles. The highest BCUT2D eigenvalue weighted by atomic mass is 16.5. The lowest BCUT2D eigenvalue weighted by molar-refractivity contribution is -0.132. The minimum Gasteiger partial charge on any atom is -0.493 e. The third kappa shape index (κ3) is 4.21. The van der Waals surface area contributed by atoms with Crippen molar-refractivity contribution in [1.29, 1.82) is 0 Å². The second-order valence-electron chi connectivity index (χ2n) is 7.68. The van der Waals surface area contributed by atoms with Crippen molar-refractivity contribution < 1.29 is 14.3 Å². The van der Waals surface area contributed by atoms with Crippen molar-refractivity contribution in [1.82, 2.24) is 10.2 Å². The third-order valence-corrected chi connectivity index (χ3v) is 5.40. The fourth-order valence-corrected chi connectivity index (χ4v) is 3.90. The molecule has 3 rings (SSSR count). The Bertz CT molecular complexity index is 682. The van der Waals surface area contributed by atoms with Crippen LogP contribution in [0.2, 0.25) is 0 Å². The van der Waals surface area contributed by atoms with Crippen molar-refractivity contribution in [2.75, 3.05) is 33.4 Å². The Labute approximate surface area is 156 Å². The normalized spacial score (nSPS) is 23.0. The molecular weight excluding hydrogens is 328 g/mol. The molecule has 1 atom stereocenters. The quantitative estimate of drug-likeness (QED) is 0.794. The van der Waals surface area contributed by atoms with Gasteiger partial charge in [-0.2, -0.15) is 0 Å². The lowest BCUT2D eigenvalue weighted by Crippen LogP contribution is -2.47. The number of hydrogen-bond acceptors (Lipinski definition) is 4. The van der Waals surface area contributed by atoms with E-state index in [1.54, 1.807) is 7.11 Å². The Morgan fingerprint density at radius 1 is 1.31 bits per heavy atom. The average Bonchev–Trinajstić information content (AvgIpc) is 3.02. The van der Waals surface area contributed by atoms with Crippen LogP contribution < -0.4 is 14.8 Å². The zero-order valence-corrected chi connectivity index (χ0v) is 16.1. The standard InChI is InChI=1S/C21H30N2O3/c1-16(2)7-12-26-18-6-5-17(13-19(18)25-3)14-23-11-9-21(15-23)8-4-10-22-20(21)24/h5-7,13H,4,8-12,14-15H2,1-3H3,(H,22,24)/t21-/m0/s1. The highest BCUT2D eigenvalue weighted by molar-refractivity contribution is 5.84. The maximum Gasteiger partial charge on any atom is 0.227 e. The third-order valence-electron chi connectivity index (χ3n) is 5.40. The van der Waals surface area contributed by atoms with Crippen LogP contribution >= 0.6 is 0 Å². The number of carbonyl (C=O) groups excluding carboxylic acids is 1. The second-order valence-corrected chi connectivity index (χ2v) is 7.68. The van der Waals surface area contributed by atoms with Gasteiger partial charge in [-0.15, -0.1) is 0 Å². The summed E-state index contributed by atoms with van der Waals surface area (Å²) < 4.78 is 11.3. The van der Waals surface area contributed by atoms with Crippen molar-refractivity contribution >= 4 is 5.91 Å². The number of likely N-dealkylation sites (tertiary alicyclic amines) is 1. The predicted octanol–water partition coefficient (Wildman–Crippen LogP) is 3.14. The smallest absolute Gasteiger partial charge is 0.227 e. The molecule has 1 spiro atoms. The zero-order chi connectivity index (χ0) is 18.6. The van der Waals surface area contributed by atoms with Crippen LogP contribution in [0, 0.1) is 5.41 Å². The largest absolute Gasteiger partial charge is 0.493 e. The molecule has 1 aromatic carbocycles. The number of nitrogens with zero attached hydrogens (tertiary/aromatic N) is 1. The Kier molecular flexibility index (Phi) is 5.87. The average molecular weight is 358 g/mol. The van der Waals surface area contributed by atoms with Gasteiger partial charge in [-0.25, -0.2) is 0 Å². The SMILES string of the molecule is COc1cc(CN2CC[C@@]3(CCCNC3=O)C2)ccc1OCC=C(C)C. The lowest BCUT2D eigenvalue weighted by Gasteiger charge is -2.32. The van der Waals surface area contributed by atoms with Gasteiger partial charge in [0.05, 0.1) is 12.5 Å². The summed E-state index contributed by atoms with van der Waals surface area (Å²) in [4.78, 5) is 14.7. The predicted molar refractivity (Wildman–Crippen MR) is 102 cm³/mol. The molecular formula is C21H30N2O3. The summed E-state index contributed by atoms with van der Waals surface area (Å²) in [7, 11) is 1.67. The van der Waals surface area contributed by atoms with Crippen LogP contribution in [0.5, 0.6) is 11.5 Å². The van der Waals surface area contributed by atoms with E-state index in [0.717, 1.165) is 56.9 Å². The molecule has 0 radical (unpaired) electrons. The summed E-state index contributed by atoms with van der Waals surface area (Å²) in [5.41, 5.74) is 2.25. The van der Waals surface area contributed by atoms with E-state index in [9.17, 15) is 4.79 Å². The molecule has 0 unspecified atom stereocenters. The van der Waals surface area contributed by atoms with Crippen LogP contribution in [0.1, 0.15) is 38.7 Å². The van der Waals surface area contributed by atoms with Gasteiger partial charge >= 0.3 is 0 Å². The highest BCUT2D eigenvalue weighted by Crippen LogP contribution is 2.38. The molecule has 2 heterocycles. The van der Waals surface area contributed by atoms with Crippen molar-refractivity contribution in [2.24, 2.45) is 5.41 Å². The van der Waals surface area contributed by atoms with Crippen LogP contribution in [-0.2, 0) is 11.3 Å². The zero-order valence-electron chi connectivity index (χ0n) is 16.1. The first-order chi connectivity index (χ1) is 12.5. The van der Waals surface area contributed by atoms with E-state index < -0.39 is 0 Å². The maximum atomic E-state index is 12.3. The van der Waals surface area contributed by atoms with Crippen LogP contribution in [0.3, 0.4) is 0 Å². The van der Waals surface area contributed by atoms with E-state index in [1.165, 1.54) is 11.1 Å². The van der Waals surface area contributed by atoms with Gasteiger partial charge in [0.2, 0.25) is 5.91 Å². The number of amides is 1. The molecule has 5 heteroatoms. The Balaban J connectivity index is 1.63. The van der Waals surface area contributed by atoms with E-state index in [0.29, 0.717) is 6.61 Å². The number of allylic oxidation sites excluding steroid dienone is 1. The summed E-state index contributed by atoms with van der Waals surface area (Å²) in [6.07, 6.45) is 5.10. The lowest BCUT2D eigenvalue weighted by atomic mass is 9.79. The number of nitrogens with one attached hydrogen (secondary N) is 1. The van der Waals surface area contributed by atoms with Crippen molar-refractivity contribution in [3.63, 3.8) is 0 Å². The van der Waals surface area contributed by atoms with Gasteiger partial charge < -0.3 is 14.8 Å². The fourth-order valence-electron chi connectivity index (χ4n) is 3.90. The molecule has 2 aliphatic heterocycles. The van der Waals surface area contributed by atoms with E-state index in [4.69, 9.17) is 9.47 Å². The number of piperidine rings is 1. The van der Waals surface area contributed by atoms with Gasteiger partial charge in [0.25, 0.3) is 0 Å². The first-order valence-electron chi connectivity index (χ1n) is 9.46. The molecule has 0 saturated carbocycles. The monoisotopic (exact) mass is 358 g/mol. The van der Waals surface area contributed by atoms with Crippen LogP contribution in [-0.4, -0.2) is 44.2 Å². The first-order valence-corrected chi connectivity index (χ1v) is 9.46. The van der Waals surface area contributed by atoms with Crippen molar-refractivity contribution in [2.45, 2.75) is 39.7 Å². The molecule has 0 aromatic heterocycles. The van der Waals surface area contributed by atoms with Crippen LogP contribution in [0.4, 0.5) is 0 Å². The molecule has 26 heavy (non-hydrogen) atoms. The fraction of sp³-hybridized carbons (Fsp3) is 0.571. The van der Waals surface area contributed by atoms with E-state index in [-0.39, 0.29) is 11.3 Å². The molecule has 2 saturated heterocycles. The number of hydrogen-bond donors (Lipinski definition) is 1. The van der Waals surface area contributed by atoms with Crippen LogP contribution in [0.15, 0.2) is 29.8 Å². The van der Waals surface area contributed by atoms with E-state index in [2.05, 4.69) is 30.1 Å². The van der Waals surface area contributed by atoms with Gasteiger partial charge in [0, 0.05) is 19.6 Å². The molecule has 1 N–H and O–H groups in total. The molecule has 1 aromatic rings. The minimum atomic E-state index is -0.171. The summed E-state index contributed by atoms with van der Waals surface area (Å²) >= 11 is 0. The summed E-state index contributed by atoms with van der Waals surface area (Å²) in [5.74, 6) is 1.76. The number of ether oxygens (including phenoxy) is 2. The summed E-state index contributed by atoms with van der Waals surface area (Å²) in [6, 6.07) is 6.11. The number of rotatable bonds is 6. The molecule has 5 nitrogen and oxygen atoms in total. The highest BCUT2D eigenvalue weighted by Gasteiger charge is 2.45. The Morgan fingerprint density at radius 3 is 2.88 bits per heavy atom. The molecule has 1 amide bonds. The Hall–Kier alpha value is -2.01. The summed E-state index contributed by atoms with van der Waals surface area (Å²) in [5, 5.41) is 3.05.